The minimum absolute atomic E-state index is 0.0323. The summed E-state index contributed by atoms with van der Waals surface area (Å²) in [5.41, 5.74) is 0.963. The molecule has 1 N–H and O–H groups in total. The zero-order valence-corrected chi connectivity index (χ0v) is 21.7. The third kappa shape index (κ3) is 5.36. The number of benzene rings is 2. The molecule has 8 heteroatoms. The van der Waals surface area contributed by atoms with Crippen molar-refractivity contribution in [3.8, 4) is 5.75 Å². The second-order valence-corrected chi connectivity index (χ2v) is 11.2. The van der Waals surface area contributed by atoms with E-state index in [9.17, 15) is 8.78 Å². The molecule has 3 aromatic rings. The van der Waals surface area contributed by atoms with Gasteiger partial charge in [0, 0.05) is 72.4 Å². The van der Waals surface area contributed by atoms with Crippen molar-refractivity contribution < 1.29 is 22.3 Å². The molecule has 1 fully saturated rings. The van der Waals surface area contributed by atoms with Crippen molar-refractivity contribution in [2.75, 3.05) is 39.5 Å². The van der Waals surface area contributed by atoms with Crippen LogP contribution in [-0.2, 0) is 6.42 Å². The van der Waals surface area contributed by atoms with Crippen molar-refractivity contribution in [1.29, 1.82) is 0 Å². The molecule has 2 aromatic carbocycles. The number of para-hydroxylation sites is 1. The van der Waals surface area contributed by atoms with Gasteiger partial charge in [-0.3, -0.25) is 9.29 Å². The minimum atomic E-state index is -1.55. The van der Waals surface area contributed by atoms with E-state index in [1.165, 1.54) is 26.0 Å². The monoisotopic (exact) mass is 517 g/mol. The van der Waals surface area contributed by atoms with Crippen LogP contribution in [-0.4, -0.2) is 66.0 Å². The quantitative estimate of drug-likeness (QED) is 0.271. The summed E-state index contributed by atoms with van der Waals surface area (Å²) < 4.78 is 64.5. The third-order valence-corrected chi connectivity index (χ3v) is 7.54. The molecule has 1 aromatic heterocycles. The predicted molar refractivity (Wildman–Crippen MR) is 138 cm³/mol. The largest absolute Gasteiger partial charge is 0.493 e. The first-order valence-corrected chi connectivity index (χ1v) is 13.1. The number of nitrogens with zero attached hydrogens (tertiary/aromatic N) is 2. The molecule has 2 aliphatic heterocycles. The number of ether oxygens (including phenoxy) is 1. The summed E-state index contributed by atoms with van der Waals surface area (Å²) in [5, 5.41) is 1.02. The van der Waals surface area contributed by atoms with Crippen LogP contribution in [0.5, 0.6) is 5.75 Å². The number of hydrogen-bond donors (Lipinski definition) is 1. The van der Waals surface area contributed by atoms with Crippen molar-refractivity contribution in [2.24, 2.45) is 5.92 Å². The Bertz CT molecular complexity index is 1220. The molecule has 0 radical (unpaired) electrons. The Balaban J connectivity index is 1.42. The molecule has 0 unspecified atom stereocenters. The number of fused-ring (bicyclic) bond motifs is 3. The average Bonchev–Trinajstić information content (AvgIpc) is 3.16. The molecule has 3 heterocycles. The molecule has 0 spiro atoms. The SMILES string of the molecule is C[C@@H]1Cc2c([nH]c3ccccc23)[C@@H](c2c(F)cc(OCCCN3CC(CF)C3)cc2F)N1CC(C)(C)F. The van der Waals surface area contributed by atoms with Gasteiger partial charge in [0.25, 0.3) is 0 Å². The second-order valence-electron chi connectivity index (χ2n) is 11.2. The molecule has 4 nitrogen and oxygen atoms in total. The Morgan fingerprint density at radius 3 is 2.49 bits per heavy atom. The number of H-pyrrole nitrogens is 1. The van der Waals surface area contributed by atoms with Gasteiger partial charge in [-0.15, -0.1) is 0 Å². The first kappa shape index (κ1) is 26.0. The summed E-state index contributed by atoms with van der Waals surface area (Å²) in [6, 6.07) is 9.33. The second kappa shape index (κ2) is 10.3. The zero-order chi connectivity index (χ0) is 26.3. The Labute approximate surface area is 215 Å². The third-order valence-electron chi connectivity index (χ3n) is 7.54. The first-order valence-electron chi connectivity index (χ1n) is 13.1. The van der Waals surface area contributed by atoms with Crippen molar-refractivity contribution in [3.05, 3.63) is 64.9 Å². The maximum absolute atomic E-state index is 15.7. The first-order chi connectivity index (χ1) is 17.6. The maximum Gasteiger partial charge on any atom is 0.135 e. The summed E-state index contributed by atoms with van der Waals surface area (Å²) in [6.45, 7) is 7.25. The lowest BCUT2D eigenvalue weighted by Crippen LogP contribution is -2.48. The van der Waals surface area contributed by atoms with E-state index in [0.717, 1.165) is 36.1 Å². The van der Waals surface area contributed by atoms with Crippen LogP contribution in [0.4, 0.5) is 17.6 Å². The van der Waals surface area contributed by atoms with E-state index in [-0.39, 0.29) is 36.5 Å². The molecule has 2 atom stereocenters. The van der Waals surface area contributed by atoms with Crippen LogP contribution < -0.4 is 4.74 Å². The lowest BCUT2D eigenvalue weighted by atomic mass is 9.87. The lowest BCUT2D eigenvalue weighted by Gasteiger charge is -2.43. The highest BCUT2D eigenvalue weighted by Gasteiger charge is 2.41. The van der Waals surface area contributed by atoms with E-state index in [0.29, 0.717) is 25.1 Å². The summed E-state index contributed by atoms with van der Waals surface area (Å²) in [5.74, 6) is -1.18. The number of aromatic nitrogens is 1. The van der Waals surface area contributed by atoms with Crippen molar-refractivity contribution in [3.63, 3.8) is 0 Å². The summed E-state index contributed by atoms with van der Waals surface area (Å²) in [7, 11) is 0. The molecule has 2 aliphatic rings. The summed E-state index contributed by atoms with van der Waals surface area (Å²) in [4.78, 5) is 7.38. The van der Waals surface area contributed by atoms with Crippen LogP contribution in [0.2, 0.25) is 0 Å². The standard InChI is InChI=1S/C29H35F4N3O/c1-18-11-22-21-7-4-5-8-25(21)34-27(22)28(36(18)17-29(2,3)33)26-23(31)12-20(13-24(26)32)37-10-6-9-35-15-19(14-30)16-35/h4-5,7-8,12-13,18-19,28,34H,6,9-11,14-17H2,1-3H3/t18-,28-/m1/s1. The van der Waals surface area contributed by atoms with Crippen molar-refractivity contribution in [1.82, 2.24) is 14.8 Å². The molecular weight excluding hydrogens is 482 g/mol. The van der Waals surface area contributed by atoms with E-state index in [1.54, 1.807) is 0 Å². The van der Waals surface area contributed by atoms with E-state index < -0.39 is 23.3 Å². The van der Waals surface area contributed by atoms with Crippen LogP contribution in [0, 0.1) is 17.6 Å². The number of alkyl halides is 2. The van der Waals surface area contributed by atoms with Gasteiger partial charge in [-0.05, 0) is 45.2 Å². The normalized spacial score (nSPS) is 21.3. The summed E-state index contributed by atoms with van der Waals surface area (Å²) in [6.07, 6.45) is 1.33. The van der Waals surface area contributed by atoms with Gasteiger partial charge in [0.15, 0.2) is 0 Å². The smallest absolute Gasteiger partial charge is 0.135 e. The van der Waals surface area contributed by atoms with Gasteiger partial charge in [-0.25, -0.2) is 13.2 Å². The Kier molecular flexibility index (Phi) is 7.24. The average molecular weight is 518 g/mol. The highest BCUT2D eigenvalue weighted by atomic mass is 19.1. The number of nitrogens with one attached hydrogen (secondary N) is 1. The van der Waals surface area contributed by atoms with Crippen molar-refractivity contribution >= 4 is 10.9 Å². The predicted octanol–water partition coefficient (Wildman–Crippen LogP) is 6.20. The van der Waals surface area contributed by atoms with E-state index in [2.05, 4.69) is 9.88 Å². The molecular formula is C29H35F4N3O. The van der Waals surface area contributed by atoms with Gasteiger partial charge in [0.2, 0.25) is 0 Å². The number of likely N-dealkylation sites (tertiary alicyclic amines) is 1. The van der Waals surface area contributed by atoms with Gasteiger partial charge >= 0.3 is 0 Å². The van der Waals surface area contributed by atoms with Gasteiger partial charge in [-0.1, -0.05) is 18.2 Å². The van der Waals surface area contributed by atoms with Crippen LogP contribution in [0.1, 0.15) is 50.1 Å². The topological polar surface area (TPSA) is 31.5 Å². The Morgan fingerprint density at radius 1 is 1.11 bits per heavy atom. The highest BCUT2D eigenvalue weighted by Crippen LogP contribution is 2.43. The van der Waals surface area contributed by atoms with E-state index in [4.69, 9.17) is 4.74 Å². The van der Waals surface area contributed by atoms with Gasteiger partial charge in [-0.2, -0.15) is 0 Å². The molecule has 37 heavy (non-hydrogen) atoms. The number of aromatic amines is 1. The lowest BCUT2D eigenvalue weighted by molar-refractivity contribution is 0.0642. The van der Waals surface area contributed by atoms with Gasteiger partial charge in [0.1, 0.15) is 23.1 Å². The molecule has 1 saturated heterocycles. The molecule has 0 saturated carbocycles. The minimum Gasteiger partial charge on any atom is -0.493 e. The number of rotatable bonds is 9. The number of halogens is 4. The fourth-order valence-electron chi connectivity index (χ4n) is 5.84. The highest BCUT2D eigenvalue weighted by molar-refractivity contribution is 5.85. The molecule has 0 amide bonds. The Morgan fingerprint density at radius 2 is 1.81 bits per heavy atom. The number of hydrogen-bond acceptors (Lipinski definition) is 3. The van der Waals surface area contributed by atoms with Crippen LogP contribution in [0.15, 0.2) is 36.4 Å². The Hall–Kier alpha value is -2.58. The van der Waals surface area contributed by atoms with Gasteiger partial charge in [0.05, 0.1) is 19.3 Å². The zero-order valence-electron chi connectivity index (χ0n) is 21.7. The molecule has 0 bridgehead atoms. The van der Waals surface area contributed by atoms with E-state index in [1.807, 2.05) is 36.1 Å². The van der Waals surface area contributed by atoms with Crippen molar-refractivity contribution in [2.45, 2.75) is 51.4 Å². The summed E-state index contributed by atoms with van der Waals surface area (Å²) >= 11 is 0. The molecule has 0 aliphatic carbocycles. The maximum atomic E-state index is 15.7. The van der Waals surface area contributed by atoms with Crippen LogP contribution >= 0.6 is 0 Å². The molecule has 5 rings (SSSR count). The fraction of sp³-hybridized carbons (Fsp3) is 0.517. The van der Waals surface area contributed by atoms with Gasteiger partial charge < -0.3 is 14.6 Å². The van der Waals surface area contributed by atoms with Crippen LogP contribution in [0.3, 0.4) is 0 Å². The van der Waals surface area contributed by atoms with E-state index >= 15 is 8.78 Å². The van der Waals surface area contributed by atoms with Crippen LogP contribution in [0.25, 0.3) is 10.9 Å². The molecule has 200 valence electrons. The fourth-order valence-corrected chi connectivity index (χ4v) is 5.84.